The molecule has 2 aromatic rings. The first-order valence-corrected chi connectivity index (χ1v) is 10.9. The third-order valence-corrected chi connectivity index (χ3v) is 6.03. The number of piperazine rings is 1. The number of sulfonamides is 1. The van der Waals surface area contributed by atoms with Crippen molar-refractivity contribution in [1.29, 1.82) is 0 Å². The summed E-state index contributed by atoms with van der Waals surface area (Å²) in [7, 11) is -3.58. The topological polar surface area (TPSA) is 60.9 Å². The van der Waals surface area contributed by atoms with E-state index in [-0.39, 0.29) is 5.91 Å². The summed E-state index contributed by atoms with van der Waals surface area (Å²) in [4.78, 5) is 17.0. The van der Waals surface area contributed by atoms with Crippen LogP contribution in [-0.4, -0.2) is 57.7 Å². The van der Waals surface area contributed by atoms with Crippen molar-refractivity contribution < 1.29 is 13.2 Å². The molecular formula is C20H25N3O3S. The molecule has 144 valence electrons. The fourth-order valence-corrected chi connectivity index (χ4v) is 4.63. The van der Waals surface area contributed by atoms with Crippen LogP contribution in [0.1, 0.15) is 6.92 Å². The van der Waals surface area contributed by atoms with Crippen LogP contribution in [0, 0.1) is 0 Å². The highest BCUT2D eigenvalue weighted by Gasteiger charge is 2.33. The van der Waals surface area contributed by atoms with E-state index < -0.39 is 16.1 Å². The van der Waals surface area contributed by atoms with Crippen molar-refractivity contribution in [2.45, 2.75) is 13.0 Å². The predicted octanol–water partition coefficient (Wildman–Crippen LogP) is 2.19. The van der Waals surface area contributed by atoms with Crippen molar-refractivity contribution >= 4 is 27.3 Å². The highest BCUT2D eigenvalue weighted by Crippen LogP contribution is 2.22. The van der Waals surface area contributed by atoms with Gasteiger partial charge in [-0.05, 0) is 31.2 Å². The second kappa shape index (κ2) is 8.00. The summed E-state index contributed by atoms with van der Waals surface area (Å²) >= 11 is 0. The molecule has 0 radical (unpaired) electrons. The summed E-state index contributed by atoms with van der Waals surface area (Å²) in [6, 6.07) is 18.1. The summed E-state index contributed by atoms with van der Waals surface area (Å²) in [5, 5.41) is 0. The van der Waals surface area contributed by atoms with Crippen LogP contribution in [0.3, 0.4) is 0 Å². The first kappa shape index (κ1) is 19.2. The molecule has 0 spiro atoms. The highest BCUT2D eigenvalue weighted by atomic mass is 32.2. The SMILES string of the molecule is C[C@@H](C(=O)N1CCN(c2ccccc2)CC1)N(c1ccccc1)S(C)(=O)=O. The summed E-state index contributed by atoms with van der Waals surface area (Å²) in [6.45, 7) is 4.26. The Balaban J connectivity index is 1.71. The van der Waals surface area contributed by atoms with Gasteiger partial charge in [0.1, 0.15) is 6.04 Å². The Morgan fingerprint density at radius 2 is 1.44 bits per heavy atom. The number of para-hydroxylation sites is 2. The van der Waals surface area contributed by atoms with Gasteiger partial charge in [-0.2, -0.15) is 0 Å². The maximum Gasteiger partial charge on any atom is 0.246 e. The molecule has 0 N–H and O–H groups in total. The smallest absolute Gasteiger partial charge is 0.246 e. The van der Waals surface area contributed by atoms with E-state index in [2.05, 4.69) is 17.0 Å². The van der Waals surface area contributed by atoms with Gasteiger partial charge in [-0.1, -0.05) is 36.4 Å². The van der Waals surface area contributed by atoms with Gasteiger partial charge in [0.05, 0.1) is 11.9 Å². The third-order valence-electron chi connectivity index (χ3n) is 4.79. The van der Waals surface area contributed by atoms with Crippen LogP contribution in [-0.2, 0) is 14.8 Å². The number of hydrogen-bond acceptors (Lipinski definition) is 4. The Labute approximate surface area is 161 Å². The van der Waals surface area contributed by atoms with Crippen LogP contribution in [0.4, 0.5) is 11.4 Å². The van der Waals surface area contributed by atoms with Gasteiger partial charge in [-0.15, -0.1) is 0 Å². The molecule has 3 rings (SSSR count). The molecule has 1 saturated heterocycles. The number of carbonyl (C=O) groups excluding carboxylic acids is 1. The van der Waals surface area contributed by atoms with E-state index in [1.165, 1.54) is 4.31 Å². The zero-order valence-electron chi connectivity index (χ0n) is 15.7. The summed E-state index contributed by atoms with van der Waals surface area (Å²) < 4.78 is 25.9. The summed E-state index contributed by atoms with van der Waals surface area (Å²) in [5.74, 6) is -0.169. The van der Waals surface area contributed by atoms with E-state index in [9.17, 15) is 13.2 Å². The molecule has 2 aromatic carbocycles. The van der Waals surface area contributed by atoms with Crippen LogP contribution in [0.25, 0.3) is 0 Å². The van der Waals surface area contributed by atoms with E-state index in [1.54, 1.807) is 36.1 Å². The van der Waals surface area contributed by atoms with Gasteiger partial charge in [-0.3, -0.25) is 9.10 Å². The molecule has 0 aromatic heterocycles. The minimum absolute atomic E-state index is 0.169. The lowest BCUT2D eigenvalue weighted by atomic mass is 10.2. The van der Waals surface area contributed by atoms with Crippen molar-refractivity contribution in [3.8, 4) is 0 Å². The molecule has 1 aliphatic heterocycles. The number of carbonyl (C=O) groups is 1. The van der Waals surface area contributed by atoms with Crippen LogP contribution in [0.5, 0.6) is 0 Å². The van der Waals surface area contributed by atoms with Crippen LogP contribution < -0.4 is 9.21 Å². The van der Waals surface area contributed by atoms with E-state index in [4.69, 9.17) is 0 Å². The molecule has 1 amide bonds. The van der Waals surface area contributed by atoms with Gasteiger partial charge >= 0.3 is 0 Å². The van der Waals surface area contributed by atoms with E-state index in [0.29, 0.717) is 18.8 Å². The number of rotatable bonds is 5. The molecule has 0 saturated carbocycles. The van der Waals surface area contributed by atoms with Gasteiger partial charge in [0.25, 0.3) is 0 Å². The molecule has 1 heterocycles. The maximum atomic E-state index is 13.0. The van der Waals surface area contributed by atoms with Crippen LogP contribution in [0.2, 0.25) is 0 Å². The first-order valence-electron chi connectivity index (χ1n) is 9.01. The number of amides is 1. The second-order valence-electron chi connectivity index (χ2n) is 6.72. The highest BCUT2D eigenvalue weighted by molar-refractivity contribution is 7.92. The maximum absolute atomic E-state index is 13.0. The molecule has 0 bridgehead atoms. The molecule has 1 atom stereocenters. The normalized spacial score (nSPS) is 16.1. The fraction of sp³-hybridized carbons (Fsp3) is 0.350. The number of hydrogen-bond donors (Lipinski definition) is 0. The number of nitrogens with zero attached hydrogens (tertiary/aromatic N) is 3. The van der Waals surface area contributed by atoms with Crippen molar-refractivity contribution in [3.63, 3.8) is 0 Å². The van der Waals surface area contributed by atoms with Crippen LogP contribution >= 0.6 is 0 Å². The lowest BCUT2D eigenvalue weighted by molar-refractivity contribution is -0.132. The Kier molecular flexibility index (Phi) is 5.70. The van der Waals surface area contributed by atoms with Crippen molar-refractivity contribution in [2.24, 2.45) is 0 Å². The molecule has 1 fully saturated rings. The standard InChI is InChI=1S/C20H25N3O3S/c1-17(23(27(2,25)26)19-11-7-4-8-12-19)20(24)22-15-13-21(14-16-22)18-9-5-3-6-10-18/h3-12,17H,13-16H2,1-2H3/t17-/m0/s1. The largest absolute Gasteiger partial charge is 0.368 e. The first-order chi connectivity index (χ1) is 12.9. The third kappa shape index (κ3) is 4.42. The van der Waals surface area contributed by atoms with Gasteiger partial charge in [0, 0.05) is 31.9 Å². The number of anilines is 2. The van der Waals surface area contributed by atoms with Crippen molar-refractivity contribution in [1.82, 2.24) is 4.90 Å². The molecular weight excluding hydrogens is 362 g/mol. The van der Waals surface area contributed by atoms with Gasteiger partial charge < -0.3 is 9.80 Å². The lowest BCUT2D eigenvalue weighted by Gasteiger charge is -2.39. The summed E-state index contributed by atoms with van der Waals surface area (Å²) in [6.07, 6.45) is 1.14. The Bertz CT molecular complexity index is 864. The molecule has 0 unspecified atom stereocenters. The Morgan fingerprint density at radius 3 is 1.96 bits per heavy atom. The molecule has 27 heavy (non-hydrogen) atoms. The van der Waals surface area contributed by atoms with E-state index in [1.807, 2.05) is 24.3 Å². The quantitative estimate of drug-likeness (QED) is 0.789. The average molecular weight is 388 g/mol. The fourth-order valence-electron chi connectivity index (χ4n) is 3.47. The second-order valence-corrected chi connectivity index (χ2v) is 8.58. The van der Waals surface area contributed by atoms with Crippen molar-refractivity contribution in [2.75, 3.05) is 41.6 Å². The average Bonchev–Trinajstić information content (AvgIpc) is 2.68. The van der Waals surface area contributed by atoms with Crippen molar-refractivity contribution in [3.05, 3.63) is 60.7 Å². The van der Waals surface area contributed by atoms with Gasteiger partial charge in [-0.25, -0.2) is 8.42 Å². The molecule has 1 aliphatic rings. The van der Waals surface area contributed by atoms with Crippen LogP contribution in [0.15, 0.2) is 60.7 Å². The molecule has 7 heteroatoms. The minimum atomic E-state index is -3.58. The molecule has 0 aliphatic carbocycles. The molecule has 6 nitrogen and oxygen atoms in total. The predicted molar refractivity (Wildman–Crippen MR) is 108 cm³/mol. The van der Waals surface area contributed by atoms with Gasteiger partial charge in [0.2, 0.25) is 15.9 Å². The monoisotopic (exact) mass is 387 g/mol. The summed E-state index contributed by atoms with van der Waals surface area (Å²) in [5.41, 5.74) is 1.64. The number of benzene rings is 2. The Morgan fingerprint density at radius 1 is 0.926 bits per heavy atom. The minimum Gasteiger partial charge on any atom is -0.368 e. The van der Waals surface area contributed by atoms with E-state index in [0.717, 1.165) is 25.0 Å². The van der Waals surface area contributed by atoms with E-state index >= 15 is 0 Å². The Hall–Kier alpha value is -2.54. The lowest BCUT2D eigenvalue weighted by Crippen LogP contribution is -2.55. The zero-order chi connectivity index (χ0) is 19.4. The zero-order valence-corrected chi connectivity index (χ0v) is 16.5. The van der Waals surface area contributed by atoms with Gasteiger partial charge in [0.15, 0.2) is 0 Å².